The number of ether oxygens (including phenoxy) is 1. The Balaban J connectivity index is 2.60. The Kier molecular flexibility index (Phi) is 6.21. The molecule has 5 heteroatoms. The summed E-state index contributed by atoms with van der Waals surface area (Å²) in [6.45, 7) is 1.48. The van der Waals surface area contributed by atoms with E-state index in [2.05, 4.69) is 4.98 Å². The van der Waals surface area contributed by atoms with Gasteiger partial charge in [-0.2, -0.15) is 0 Å². The minimum absolute atomic E-state index is 0.0379. The number of pyridine rings is 1. The van der Waals surface area contributed by atoms with Gasteiger partial charge in [0.25, 0.3) is 5.91 Å². The van der Waals surface area contributed by atoms with Crippen LogP contribution in [0.1, 0.15) is 16.8 Å². The first kappa shape index (κ1) is 13.6. The van der Waals surface area contributed by atoms with Crippen LogP contribution >= 0.6 is 0 Å². The molecule has 5 nitrogen and oxygen atoms in total. The minimum Gasteiger partial charge on any atom is -0.395 e. The predicted molar refractivity (Wildman–Crippen MR) is 63.7 cm³/mol. The number of rotatable bonds is 7. The van der Waals surface area contributed by atoms with Crippen molar-refractivity contribution >= 4 is 5.91 Å². The van der Waals surface area contributed by atoms with E-state index >= 15 is 0 Å². The molecule has 0 saturated heterocycles. The van der Waals surface area contributed by atoms with Crippen LogP contribution in [0.15, 0.2) is 24.5 Å². The summed E-state index contributed by atoms with van der Waals surface area (Å²) < 4.78 is 4.95. The number of carbonyl (C=O) groups is 1. The molecule has 1 amide bonds. The van der Waals surface area contributed by atoms with Crippen molar-refractivity contribution in [1.82, 2.24) is 9.88 Å². The largest absolute Gasteiger partial charge is 0.395 e. The van der Waals surface area contributed by atoms with Gasteiger partial charge >= 0.3 is 0 Å². The molecule has 0 atom stereocenters. The van der Waals surface area contributed by atoms with Crippen LogP contribution in [-0.2, 0) is 4.74 Å². The standard InChI is InChI=1S/C12H18N2O3/c1-17-10-2-7-14(8-9-15)12(16)11-3-5-13-6-4-11/h3-6,15H,2,7-10H2,1H3. The number of amides is 1. The molecule has 0 unspecified atom stereocenters. The molecule has 0 aliphatic rings. The molecule has 0 bridgehead atoms. The molecule has 0 aromatic carbocycles. The van der Waals surface area contributed by atoms with Crippen LogP contribution in [0.4, 0.5) is 0 Å². The molecule has 94 valence electrons. The van der Waals surface area contributed by atoms with Crippen LogP contribution in [0.25, 0.3) is 0 Å². The molecular formula is C12H18N2O3. The first-order valence-electron chi connectivity index (χ1n) is 5.58. The monoisotopic (exact) mass is 238 g/mol. The third-order valence-corrected chi connectivity index (χ3v) is 2.36. The lowest BCUT2D eigenvalue weighted by Crippen LogP contribution is -2.34. The molecule has 1 aromatic heterocycles. The normalized spacial score (nSPS) is 10.2. The van der Waals surface area contributed by atoms with Gasteiger partial charge in [0.05, 0.1) is 6.61 Å². The summed E-state index contributed by atoms with van der Waals surface area (Å²) in [5, 5.41) is 8.95. The number of aromatic nitrogens is 1. The van der Waals surface area contributed by atoms with Crippen LogP contribution in [0.3, 0.4) is 0 Å². The summed E-state index contributed by atoms with van der Waals surface area (Å²) in [4.78, 5) is 17.6. The highest BCUT2D eigenvalue weighted by molar-refractivity contribution is 5.94. The van der Waals surface area contributed by atoms with E-state index in [1.165, 1.54) is 0 Å². The van der Waals surface area contributed by atoms with Gasteiger partial charge in [0, 0.05) is 44.8 Å². The number of nitrogens with zero attached hydrogens (tertiary/aromatic N) is 2. The fraction of sp³-hybridized carbons (Fsp3) is 0.500. The van der Waals surface area contributed by atoms with Crippen molar-refractivity contribution in [3.05, 3.63) is 30.1 Å². The van der Waals surface area contributed by atoms with Crippen LogP contribution in [-0.4, -0.2) is 54.3 Å². The van der Waals surface area contributed by atoms with E-state index in [0.29, 0.717) is 25.3 Å². The smallest absolute Gasteiger partial charge is 0.254 e. The number of carbonyl (C=O) groups excluding carboxylic acids is 1. The number of hydrogen-bond donors (Lipinski definition) is 1. The molecule has 0 saturated carbocycles. The fourth-order valence-corrected chi connectivity index (χ4v) is 1.51. The van der Waals surface area contributed by atoms with Crippen molar-refractivity contribution in [2.75, 3.05) is 33.4 Å². The molecule has 1 rings (SSSR count). The average Bonchev–Trinajstić information content (AvgIpc) is 2.38. The zero-order chi connectivity index (χ0) is 12.5. The SMILES string of the molecule is COCCCN(CCO)C(=O)c1ccncc1. The van der Waals surface area contributed by atoms with Crippen molar-refractivity contribution < 1.29 is 14.6 Å². The maximum Gasteiger partial charge on any atom is 0.254 e. The molecule has 1 aromatic rings. The molecule has 1 heterocycles. The number of aliphatic hydroxyl groups is 1. The van der Waals surface area contributed by atoms with Crippen LogP contribution in [0.2, 0.25) is 0 Å². The van der Waals surface area contributed by atoms with E-state index in [1.54, 1.807) is 36.5 Å². The van der Waals surface area contributed by atoms with E-state index in [-0.39, 0.29) is 12.5 Å². The van der Waals surface area contributed by atoms with E-state index in [9.17, 15) is 4.79 Å². The van der Waals surface area contributed by atoms with Gasteiger partial charge < -0.3 is 14.7 Å². The number of hydrogen-bond acceptors (Lipinski definition) is 4. The Morgan fingerprint density at radius 1 is 1.41 bits per heavy atom. The Morgan fingerprint density at radius 2 is 2.12 bits per heavy atom. The summed E-state index contributed by atoms with van der Waals surface area (Å²) >= 11 is 0. The lowest BCUT2D eigenvalue weighted by atomic mass is 10.2. The second-order valence-corrected chi connectivity index (χ2v) is 3.60. The van der Waals surface area contributed by atoms with Gasteiger partial charge in [-0.25, -0.2) is 0 Å². The van der Waals surface area contributed by atoms with E-state index in [1.807, 2.05) is 0 Å². The summed E-state index contributed by atoms with van der Waals surface area (Å²) in [6.07, 6.45) is 3.92. The molecule has 0 aliphatic carbocycles. The topological polar surface area (TPSA) is 62.7 Å². The van der Waals surface area contributed by atoms with Gasteiger partial charge in [-0.15, -0.1) is 0 Å². The lowest BCUT2D eigenvalue weighted by Gasteiger charge is -2.21. The second-order valence-electron chi connectivity index (χ2n) is 3.60. The molecule has 0 radical (unpaired) electrons. The summed E-state index contributed by atoms with van der Waals surface area (Å²) in [7, 11) is 1.63. The first-order chi connectivity index (χ1) is 8.29. The summed E-state index contributed by atoms with van der Waals surface area (Å²) in [5.41, 5.74) is 0.589. The fourth-order valence-electron chi connectivity index (χ4n) is 1.51. The van der Waals surface area contributed by atoms with Crippen LogP contribution < -0.4 is 0 Å². The lowest BCUT2D eigenvalue weighted by molar-refractivity contribution is 0.0701. The van der Waals surface area contributed by atoms with Crippen molar-refractivity contribution in [1.29, 1.82) is 0 Å². The Bertz CT molecular complexity index is 330. The Hall–Kier alpha value is -1.46. The molecular weight excluding hydrogens is 220 g/mol. The number of methoxy groups -OCH3 is 1. The van der Waals surface area contributed by atoms with Crippen molar-refractivity contribution in [3.63, 3.8) is 0 Å². The average molecular weight is 238 g/mol. The quantitative estimate of drug-likeness (QED) is 0.705. The third kappa shape index (κ3) is 4.50. The Labute approximate surface area is 101 Å². The van der Waals surface area contributed by atoms with Gasteiger partial charge in [-0.05, 0) is 18.6 Å². The molecule has 1 N–H and O–H groups in total. The summed E-state index contributed by atoms with van der Waals surface area (Å²) in [6, 6.07) is 3.34. The minimum atomic E-state index is -0.0856. The van der Waals surface area contributed by atoms with E-state index in [0.717, 1.165) is 6.42 Å². The molecule has 0 aliphatic heterocycles. The van der Waals surface area contributed by atoms with Gasteiger partial charge in [-0.1, -0.05) is 0 Å². The zero-order valence-corrected chi connectivity index (χ0v) is 10.0. The van der Waals surface area contributed by atoms with E-state index in [4.69, 9.17) is 9.84 Å². The third-order valence-electron chi connectivity index (χ3n) is 2.36. The van der Waals surface area contributed by atoms with Gasteiger partial charge in [0.1, 0.15) is 0 Å². The first-order valence-corrected chi connectivity index (χ1v) is 5.58. The van der Waals surface area contributed by atoms with Crippen molar-refractivity contribution in [2.24, 2.45) is 0 Å². The van der Waals surface area contributed by atoms with Crippen LogP contribution in [0.5, 0.6) is 0 Å². The highest BCUT2D eigenvalue weighted by Crippen LogP contribution is 2.04. The van der Waals surface area contributed by atoms with Crippen LogP contribution in [0, 0.1) is 0 Å². The van der Waals surface area contributed by atoms with Gasteiger partial charge in [-0.3, -0.25) is 9.78 Å². The second kappa shape index (κ2) is 7.76. The highest BCUT2D eigenvalue weighted by atomic mass is 16.5. The maximum absolute atomic E-state index is 12.1. The molecule has 17 heavy (non-hydrogen) atoms. The summed E-state index contributed by atoms with van der Waals surface area (Å²) in [5.74, 6) is -0.0856. The van der Waals surface area contributed by atoms with Crippen molar-refractivity contribution in [2.45, 2.75) is 6.42 Å². The molecule has 0 spiro atoms. The highest BCUT2D eigenvalue weighted by Gasteiger charge is 2.14. The van der Waals surface area contributed by atoms with Crippen molar-refractivity contribution in [3.8, 4) is 0 Å². The van der Waals surface area contributed by atoms with E-state index < -0.39 is 0 Å². The zero-order valence-electron chi connectivity index (χ0n) is 10.0. The predicted octanol–water partition coefficient (Wildman–Crippen LogP) is 0.553. The molecule has 0 fully saturated rings. The number of aliphatic hydroxyl groups excluding tert-OH is 1. The maximum atomic E-state index is 12.1. The van der Waals surface area contributed by atoms with Gasteiger partial charge in [0.2, 0.25) is 0 Å². The Morgan fingerprint density at radius 3 is 2.71 bits per heavy atom. The van der Waals surface area contributed by atoms with Gasteiger partial charge in [0.15, 0.2) is 0 Å².